The van der Waals surface area contributed by atoms with E-state index in [1.54, 1.807) is 12.1 Å². The number of aromatic nitrogens is 1. The summed E-state index contributed by atoms with van der Waals surface area (Å²) in [6.07, 6.45) is 2.69. The highest BCUT2D eigenvalue weighted by atomic mass is 16.5. The van der Waals surface area contributed by atoms with Crippen molar-refractivity contribution >= 4 is 28.6 Å². The number of carboxylic acid groups (broad SMARTS) is 1. The van der Waals surface area contributed by atoms with Gasteiger partial charge in [-0.3, -0.25) is 4.79 Å². The molecule has 7 heteroatoms. The smallest absolute Gasteiger partial charge is 0.336 e. The molecule has 0 saturated carbocycles. The third-order valence-electron chi connectivity index (χ3n) is 5.74. The number of para-hydroxylation sites is 1. The fourth-order valence-corrected chi connectivity index (χ4v) is 4.00. The van der Waals surface area contributed by atoms with Crippen molar-refractivity contribution in [3.8, 4) is 0 Å². The summed E-state index contributed by atoms with van der Waals surface area (Å²) < 4.78 is 5.27. The second-order valence-corrected chi connectivity index (χ2v) is 7.59. The average Bonchev–Trinajstić information content (AvgIpc) is 3.26. The summed E-state index contributed by atoms with van der Waals surface area (Å²) in [4.78, 5) is 30.6. The molecule has 3 heterocycles. The molecule has 2 fully saturated rings. The maximum atomic E-state index is 12.1. The van der Waals surface area contributed by atoms with Crippen molar-refractivity contribution in [2.75, 3.05) is 37.7 Å². The molecule has 28 heavy (non-hydrogen) atoms. The second kappa shape index (κ2) is 8.14. The average molecular weight is 383 g/mol. The van der Waals surface area contributed by atoms with Crippen LogP contribution in [0.1, 0.15) is 29.6 Å². The Hall–Kier alpha value is -2.67. The zero-order valence-electron chi connectivity index (χ0n) is 15.8. The predicted octanol–water partition coefficient (Wildman–Crippen LogP) is 2.30. The number of nitrogens with zero attached hydrogens (tertiary/aromatic N) is 2. The van der Waals surface area contributed by atoms with Gasteiger partial charge in [-0.05, 0) is 37.3 Å². The highest BCUT2D eigenvalue weighted by molar-refractivity contribution is 6.03. The van der Waals surface area contributed by atoms with Crippen LogP contribution in [0.15, 0.2) is 30.3 Å². The molecule has 0 bridgehead atoms. The number of carbonyl (C=O) groups is 2. The number of carboxylic acids is 1. The minimum absolute atomic E-state index is 0.00340. The molecular weight excluding hydrogens is 358 g/mol. The van der Waals surface area contributed by atoms with Crippen LogP contribution in [-0.2, 0) is 9.53 Å². The minimum Gasteiger partial charge on any atom is -0.478 e. The molecule has 1 aromatic heterocycles. The van der Waals surface area contributed by atoms with Crippen molar-refractivity contribution in [3.63, 3.8) is 0 Å². The van der Waals surface area contributed by atoms with Crippen LogP contribution in [0.25, 0.3) is 10.9 Å². The summed E-state index contributed by atoms with van der Waals surface area (Å²) in [5, 5.41) is 13.3. The molecule has 2 aliphatic heterocycles. The number of nitrogens with one attached hydrogen (secondary N) is 1. The number of fused-ring (bicyclic) bond motifs is 1. The van der Waals surface area contributed by atoms with E-state index in [0.717, 1.165) is 32.4 Å². The van der Waals surface area contributed by atoms with E-state index in [9.17, 15) is 14.7 Å². The van der Waals surface area contributed by atoms with Crippen LogP contribution in [0.2, 0.25) is 0 Å². The number of ether oxygens (including phenoxy) is 1. The van der Waals surface area contributed by atoms with E-state index in [0.29, 0.717) is 42.4 Å². The van der Waals surface area contributed by atoms with Gasteiger partial charge in [-0.1, -0.05) is 18.2 Å². The van der Waals surface area contributed by atoms with Gasteiger partial charge in [0.15, 0.2) is 0 Å². The Balaban J connectivity index is 1.38. The van der Waals surface area contributed by atoms with Crippen molar-refractivity contribution < 1.29 is 19.4 Å². The Morgan fingerprint density at radius 3 is 2.71 bits per heavy atom. The van der Waals surface area contributed by atoms with Gasteiger partial charge in [-0.25, -0.2) is 9.78 Å². The largest absolute Gasteiger partial charge is 0.478 e. The Kier molecular flexibility index (Phi) is 5.43. The molecule has 1 atom stereocenters. The number of amides is 1. The number of hydrogen-bond acceptors (Lipinski definition) is 5. The molecular formula is C21H25N3O4. The molecule has 2 N–H and O–H groups in total. The molecule has 2 aromatic rings. The van der Waals surface area contributed by atoms with Gasteiger partial charge in [-0.2, -0.15) is 0 Å². The number of pyridine rings is 1. The van der Waals surface area contributed by atoms with E-state index < -0.39 is 5.97 Å². The highest BCUT2D eigenvalue weighted by Crippen LogP contribution is 2.26. The maximum Gasteiger partial charge on any atom is 0.336 e. The zero-order valence-corrected chi connectivity index (χ0v) is 15.8. The van der Waals surface area contributed by atoms with Crippen LogP contribution in [0.5, 0.6) is 0 Å². The van der Waals surface area contributed by atoms with Crippen LogP contribution in [0.3, 0.4) is 0 Å². The number of benzene rings is 1. The quantitative estimate of drug-likeness (QED) is 0.823. The Morgan fingerprint density at radius 2 is 2.00 bits per heavy atom. The lowest BCUT2D eigenvalue weighted by atomic mass is 9.96. The van der Waals surface area contributed by atoms with Crippen molar-refractivity contribution in [1.82, 2.24) is 10.3 Å². The van der Waals surface area contributed by atoms with Gasteiger partial charge in [0.1, 0.15) is 5.82 Å². The van der Waals surface area contributed by atoms with Gasteiger partial charge >= 0.3 is 5.97 Å². The van der Waals surface area contributed by atoms with E-state index in [1.165, 1.54) is 0 Å². The third kappa shape index (κ3) is 3.94. The molecule has 1 unspecified atom stereocenters. The van der Waals surface area contributed by atoms with Crippen molar-refractivity contribution in [1.29, 1.82) is 0 Å². The topological polar surface area (TPSA) is 91.8 Å². The summed E-state index contributed by atoms with van der Waals surface area (Å²) in [7, 11) is 0. The molecule has 0 spiro atoms. The molecule has 7 nitrogen and oxygen atoms in total. The molecule has 1 amide bonds. The van der Waals surface area contributed by atoms with Gasteiger partial charge in [0.05, 0.1) is 23.6 Å². The van der Waals surface area contributed by atoms with Gasteiger partial charge in [-0.15, -0.1) is 0 Å². The van der Waals surface area contributed by atoms with Gasteiger partial charge in [0.2, 0.25) is 5.91 Å². The summed E-state index contributed by atoms with van der Waals surface area (Å²) in [5.74, 6) is 0.301. The van der Waals surface area contributed by atoms with Gasteiger partial charge < -0.3 is 20.1 Å². The first kappa shape index (κ1) is 18.7. The molecule has 148 valence electrons. The molecule has 1 aromatic carbocycles. The predicted molar refractivity (Wildman–Crippen MR) is 106 cm³/mol. The standard InChI is InChI=1S/C21H25N3O4/c25-20(15-7-10-28-13-15)22-12-14-5-8-24(9-6-14)19-11-17(21(26)27)16-3-1-2-4-18(16)23-19/h1-4,11,14-15H,5-10,12-13H2,(H,22,25)(H,26,27). The number of aromatic carboxylic acids is 1. The van der Waals surface area contributed by atoms with E-state index in [2.05, 4.69) is 15.2 Å². The van der Waals surface area contributed by atoms with Crippen LogP contribution >= 0.6 is 0 Å². The summed E-state index contributed by atoms with van der Waals surface area (Å²) >= 11 is 0. The second-order valence-electron chi connectivity index (χ2n) is 7.59. The summed E-state index contributed by atoms with van der Waals surface area (Å²) in [6.45, 7) is 3.50. The van der Waals surface area contributed by atoms with Crippen molar-refractivity contribution in [2.24, 2.45) is 11.8 Å². The lowest BCUT2D eigenvalue weighted by Crippen LogP contribution is -2.40. The van der Waals surface area contributed by atoms with Crippen LogP contribution in [0, 0.1) is 11.8 Å². The first-order chi connectivity index (χ1) is 13.6. The fraction of sp³-hybridized carbons (Fsp3) is 0.476. The Bertz CT molecular complexity index is 871. The highest BCUT2D eigenvalue weighted by Gasteiger charge is 2.26. The van der Waals surface area contributed by atoms with Crippen molar-refractivity contribution in [3.05, 3.63) is 35.9 Å². The molecule has 0 aliphatic carbocycles. The zero-order chi connectivity index (χ0) is 19.5. The Morgan fingerprint density at radius 1 is 1.21 bits per heavy atom. The number of rotatable bonds is 5. The van der Waals surface area contributed by atoms with Crippen molar-refractivity contribution in [2.45, 2.75) is 19.3 Å². The molecule has 2 aliphatic rings. The van der Waals surface area contributed by atoms with E-state index in [1.807, 2.05) is 18.2 Å². The number of carbonyl (C=O) groups excluding carboxylic acids is 1. The molecule has 2 saturated heterocycles. The summed E-state index contributed by atoms with van der Waals surface area (Å²) in [6, 6.07) is 9.01. The van der Waals surface area contributed by atoms with E-state index in [4.69, 9.17) is 4.74 Å². The number of hydrogen-bond donors (Lipinski definition) is 2. The number of piperidine rings is 1. The Labute approximate surface area is 163 Å². The fourth-order valence-electron chi connectivity index (χ4n) is 4.00. The van der Waals surface area contributed by atoms with Gasteiger partial charge in [0.25, 0.3) is 0 Å². The normalized spacial score (nSPS) is 20.4. The van der Waals surface area contributed by atoms with E-state index in [-0.39, 0.29) is 17.4 Å². The van der Waals surface area contributed by atoms with Crippen LogP contribution in [-0.4, -0.2) is 54.8 Å². The van der Waals surface area contributed by atoms with Crippen LogP contribution in [0.4, 0.5) is 5.82 Å². The lowest BCUT2D eigenvalue weighted by Gasteiger charge is -2.33. The van der Waals surface area contributed by atoms with E-state index >= 15 is 0 Å². The SMILES string of the molecule is O=C(O)c1cc(N2CCC(CNC(=O)C3CCOC3)CC2)nc2ccccc12. The van der Waals surface area contributed by atoms with Crippen LogP contribution < -0.4 is 10.2 Å². The first-order valence-corrected chi connectivity index (χ1v) is 9.85. The monoisotopic (exact) mass is 383 g/mol. The maximum absolute atomic E-state index is 12.1. The lowest BCUT2D eigenvalue weighted by molar-refractivity contribution is -0.125. The summed E-state index contributed by atoms with van der Waals surface area (Å²) in [5.41, 5.74) is 0.985. The third-order valence-corrected chi connectivity index (χ3v) is 5.74. The molecule has 4 rings (SSSR count). The molecule has 0 radical (unpaired) electrons. The minimum atomic E-state index is -0.937. The first-order valence-electron chi connectivity index (χ1n) is 9.85. The number of anilines is 1. The van der Waals surface area contributed by atoms with Gasteiger partial charge in [0, 0.05) is 31.6 Å².